The summed E-state index contributed by atoms with van der Waals surface area (Å²) in [6.45, 7) is 2.89. The van der Waals surface area contributed by atoms with Crippen LogP contribution in [0.5, 0.6) is 0 Å². The molecule has 1 aromatic carbocycles. The monoisotopic (exact) mass is 270 g/mol. The van der Waals surface area contributed by atoms with Crippen LogP contribution in [0, 0.1) is 5.41 Å². The number of hydrogen-bond donors (Lipinski definition) is 2. The molecule has 0 aliphatic heterocycles. The van der Waals surface area contributed by atoms with Gasteiger partial charge in [0.2, 0.25) is 0 Å². The molecule has 20 heavy (non-hydrogen) atoms. The van der Waals surface area contributed by atoms with Crippen molar-refractivity contribution in [3.63, 3.8) is 0 Å². The third kappa shape index (κ3) is 2.52. The van der Waals surface area contributed by atoms with E-state index < -0.39 is 0 Å². The van der Waals surface area contributed by atoms with E-state index in [1.165, 1.54) is 12.8 Å². The Balaban J connectivity index is 1.73. The van der Waals surface area contributed by atoms with E-state index in [1.807, 2.05) is 24.3 Å². The Labute approximate surface area is 117 Å². The van der Waals surface area contributed by atoms with E-state index in [2.05, 4.69) is 17.3 Å². The second-order valence-electron chi connectivity index (χ2n) is 5.70. The molecule has 3 rings (SSSR count). The lowest BCUT2D eigenvalue weighted by Crippen LogP contribution is -2.29. The Morgan fingerprint density at radius 3 is 2.85 bits per heavy atom. The zero-order valence-electron chi connectivity index (χ0n) is 11.5. The van der Waals surface area contributed by atoms with E-state index in [4.69, 9.17) is 5.73 Å². The summed E-state index contributed by atoms with van der Waals surface area (Å²) in [7, 11) is 0. The van der Waals surface area contributed by atoms with Crippen molar-refractivity contribution in [1.82, 2.24) is 15.1 Å². The summed E-state index contributed by atoms with van der Waals surface area (Å²) in [5, 5.41) is 7.22. The first-order valence-electron chi connectivity index (χ1n) is 6.76. The van der Waals surface area contributed by atoms with Gasteiger partial charge in [-0.05, 0) is 36.5 Å². The first-order chi connectivity index (χ1) is 9.57. The van der Waals surface area contributed by atoms with Gasteiger partial charge in [-0.1, -0.05) is 19.1 Å². The maximum Gasteiger partial charge on any atom is 0.271 e. The number of hydrogen-bond acceptors (Lipinski definition) is 3. The number of nitrogens with zero attached hydrogens (tertiary/aromatic N) is 2. The number of para-hydroxylation sites is 2. The van der Waals surface area contributed by atoms with Gasteiger partial charge in [0, 0.05) is 12.7 Å². The normalized spacial score (nSPS) is 15.8. The molecule has 0 bridgehead atoms. The molecule has 1 saturated carbocycles. The molecule has 1 amide bonds. The van der Waals surface area contributed by atoms with Crippen LogP contribution >= 0.6 is 0 Å². The van der Waals surface area contributed by atoms with E-state index in [0.717, 1.165) is 5.69 Å². The summed E-state index contributed by atoms with van der Waals surface area (Å²) in [6, 6.07) is 9.14. The average Bonchev–Trinajstić information content (AvgIpc) is 2.99. The van der Waals surface area contributed by atoms with Crippen LogP contribution in [0.3, 0.4) is 0 Å². The van der Waals surface area contributed by atoms with Gasteiger partial charge in [0.1, 0.15) is 0 Å². The molecular formula is C15H18N4O. The van der Waals surface area contributed by atoms with Crippen molar-refractivity contribution in [2.45, 2.75) is 19.8 Å². The summed E-state index contributed by atoms with van der Waals surface area (Å²) in [5.41, 5.74) is 8.02. The number of aromatic nitrogens is 2. The van der Waals surface area contributed by atoms with Gasteiger partial charge in [0.05, 0.1) is 11.4 Å². The van der Waals surface area contributed by atoms with E-state index in [9.17, 15) is 4.79 Å². The molecule has 0 spiro atoms. The largest absolute Gasteiger partial charge is 0.397 e. The van der Waals surface area contributed by atoms with Gasteiger partial charge in [0.25, 0.3) is 5.91 Å². The number of nitrogens with one attached hydrogen (secondary N) is 1. The lowest BCUT2D eigenvalue weighted by molar-refractivity contribution is 0.0940. The zero-order chi connectivity index (χ0) is 14.2. The van der Waals surface area contributed by atoms with Gasteiger partial charge in [-0.2, -0.15) is 5.10 Å². The third-order valence-electron chi connectivity index (χ3n) is 3.78. The van der Waals surface area contributed by atoms with Crippen molar-refractivity contribution in [3.8, 4) is 5.69 Å². The summed E-state index contributed by atoms with van der Waals surface area (Å²) in [5.74, 6) is -0.133. The number of rotatable bonds is 4. The highest BCUT2D eigenvalue weighted by Gasteiger charge is 2.37. The van der Waals surface area contributed by atoms with Crippen molar-refractivity contribution >= 4 is 11.6 Å². The Hall–Kier alpha value is -2.30. The lowest BCUT2D eigenvalue weighted by Gasteiger charge is -2.08. The second-order valence-corrected chi connectivity index (χ2v) is 5.70. The molecular weight excluding hydrogens is 252 g/mol. The van der Waals surface area contributed by atoms with E-state index in [0.29, 0.717) is 23.3 Å². The summed E-state index contributed by atoms with van der Waals surface area (Å²) < 4.78 is 1.63. The molecule has 0 atom stereocenters. The molecule has 0 unspecified atom stereocenters. The van der Waals surface area contributed by atoms with Gasteiger partial charge < -0.3 is 11.1 Å². The number of nitrogens with two attached hydrogens (primary N) is 1. The van der Waals surface area contributed by atoms with Crippen LogP contribution in [-0.2, 0) is 0 Å². The quantitative estimate of drug-likeness (QED) is 0.834. The fourth-order valence-electron chi connectivity index (χ4n) is 2.05. The maximum absolute atomic E-state index is 12.0. The molecule has 1 fully saturated rings. The van der Waals surface area contributed by atoms with Crippen molar-refractivity contribution in [1.29, 1.82) is 0 Å². The van der Waals surface area contributed by atoms with Crippen LogP contribution in [0.1, 0.15) is 30.3 Å². The Bertz CT molecular complexity index is 643. The Morgan fingerprint density at radius 1 is 1.40 bits per heavy atom. The van der Waals surface area contributed by atoms with Gasteiger partial charge in [-0.15, -0.1) is 0 Å². The lowest BCUT2D eigenvalue weighted by atomic mass is 10.1. The van der Waals surface area contributed by atoms with Crippen molar-refractivity contribution in [2.24, 2.45) is 5.41 Å². The SMILES string of the molecule is CC1(CNC(=O)c2ccn(-c3ccccc3N)n2)CC1. The van der Waals surface area contributed by atoms with Crippen molar-refractivity contribution < 1.29 is 4.79 Å². The predicted octanol–water partition coefficient (Wildman–Crippen LogP) is 1.98. The van der Waals surface area contributed by atoms with E-state index in [1.54, 1.807) is 16.9 Å². The summed E-state index contributed by atoms with van der Waals surface area (Å²) in [4.78, 5) is 12.0. The molecule has 2 aromatic rings. The van der Waals surface area contributed by atoms with Crippen LogP contribution in [0.2, 0.25) is 0 Å². The van der Waals surface area contributed by atoms with Crippen LogP contribution in [0.25, 0.3) is 5.69 Å². The molecule has 3 N–H and O–H groups in total. The molecule has 1 aromatic heterocycles. The van der Waals surface area contributed by atoms with Crippen LogP contribution < -0.4 is 11.1 Å². The van der Waals surface area contributed by atoms with Crippen molar-refractivity contribution in [2.75, 3.05) is 12.3 Å². The molecule has 0 radical (unpaired) electrons. The molecule has 5 heteroatoms. The number of benzene rings is 1. The fourth-order valence-corrected chi connectivity index (χ4v) is 2.05. The average molecular weight is 270 g/mol. The number of carbonyl (C=O) groups is 1. The third-order valence-corrected chi connectivity index (χ3v) is 3.78. The first kappa shape index (κ1) is 12.7. The second kappa shape index (κ2) is 4.67. The first-order valence-corrected chi connectivity index (χ1v) is 6.76. The van der Waals surface area contributed by atoms with E-state index >= 15 is 0 Å². The van der Waals surface area contributed by atoms with Gasteiger partial charge in [-0.25, -0.2) is 4.68 Å². The molecule has 104 valence electrons. The van der Waals surface area contributed by atoms with Crippen LogP contribution in [-0.4, -0.2) is 22.2 Å². The van der Waals surface area contributed by atoms with Gasteiger partial charge >= 0.3 is 0 Å². The number of nitrogen functional groups attached to an aromatic ring is 1. The molecule has 1 aliphatic carbocycles. The van der Waals surface area contributed by atoms with Crippen molar-refractivity contribution in [3.05, 3.63) is 42.2 Å². The molecule has 1 aliphatic rings. The van der Waals surface area contributed by atoms with Crippen LogP contribution in [0.4, 0.5) is 5.69 Å². The number of carbonyl (C=O) groups excluding carboxylic acids is 1. The van der Waals surface area contributed by atoms with Gasteiger partial charge in [0.15, 0.2) is 5.69 Å². The minimum absolute atomic E-state index is 0.133. The van der Waals surface area contributed by atoms with Crippen LogP contribution in [0.15, 0.2) is 36.5 Å². The Kier molecular flexibility index (Phi) is 2.97. The minimum atomic E-state index is -0.133. The predicted molar refractivity (Wildman–Crippen MR) is 77.7 cm³/mol. The molecule has 0 saturated heterocycles. The maximum atomic E-state index is 12.0. The highest BCUT2D eigenvalue weighted by atomic mass is 16.1. The van der Waals surface area contributed by atoms with E-state index in [-0.39, 0.29) is 5.91 Å². The molecule has 1 heterocycles. The molecule has 5 nitrogen and oxygen atoms in total. The summed E-state index contributed by atoms with van der Waals surface area (Å²) >= 11 is 0. The smallest absolute Gasteiger partial charge is 0.271 e. The zero-order valence-corrected chi connectivity index (χ0v) is 11.5. The standard InChI is InChI=1S/C15H18N4O/c1-15(7-8-15)10-17-14(20)12-6-9-19(18-12)13-5-3-2-4-11(13)16/h2-6,9H,7-8,10,16H2,1H3,(H,17,20). The Morgan fingerprint density at radius 2 is 2.15 bits per heavy atom. The minimum Gasteiger partial charge on any atom is -0.397 e. The fraction of sp³-hybridized carbons (Fsp3) is 0.333. The highest BCUT2D eigenvalue weighted by molar-refractivity contribution is 5.92. The summed E-state index contributed by atoms with van der Waals surface area (Å²) in [6.07, 6.45) is 4.12. The number of amides is 1. The van der Waals surface area contributed by atoms with Gasteiger partial charge in [-0.3, -0.25) is 4.79 Å². The number of anilines is 1. The highest BCUT2D eigenvalue weighted by Crippen LogP contribution is 2.44. The topological polar surface area (TPSA) is 72.9 Å².